The van der Waals surface area contributed by atoms with Gasteiger partial charge in [-0.3, -0.25) is 4.79 Å². The third-order valence-corrected chi connectivity index (χ3v) is 2.45. The van der Waals surface area contributed by atoms with Crippen molar-refractivity contribution >= 4 is 17.7 Å². The van der Waals surface area contributed by atoms with Gasteiger partial charge in [-0.15, -0.1) is 0 Å². The molecule has 0 aliphatic heterocycles. The number of hydrogen-bond acceptors (Lipinski definition) is 3. The fourth-order valence-corrected chi connectivity index (χ4v) is 0.990. The minimum absolute atomic E-state index is 0.302. The molecule has 0 aliphatic carbocycles. The lowest BCUT2D eigenvalue weighted by molar-refractivity contribution is -0.149. The van der Waals surface area contributed by atoms with Crippen LogP contribution in [0.15, 0.2) is 0 Å². The van der Waals surface area contributed by atoms with Crippen LogP contribution in [0, 0.1) is 0 Å². The van der Waals surface area contributed by atoms with E-state index in [-0.39, 0.29) is 5.97 Å². The fourth-order valence-electron chi connectivity index (χ4n) is 0.913. The first-order chi connectivity index (χ1) is 6.54. The second-order valence-corrected chi connectivity index (χ2v) is 4.11. The molecule has 0 amide bonds. The van der Waals surface area contributed by atoms with Crippen LogP contribution in [0.1, 0.15) is 46.5 Å². The quantitative estimate of drug-likeness (QED) is 0.408. The van der Waals surface area contributed by atoms with E-state index in [0.29, 0.717) is 6.61 Å². The minimum Gasteiger partial charge on any atom is -0.464 e. The SMILES string of the molecule is CCCCCCOC(=O)C(C)(C)NCl. The number of carbonyl (C=O) groups is 1. The average Bonchev–Trinajstić information content (AvgIpc) is 2.17. The number of ether oxygens (including phenoxy) is 1. The third-order valence-electron chi connectivity index (χ3n) is 1.98. The number of nitrogens with one attached hydrogen (secondary N) is 1. The highest BCUT2D eigenvalue weighted by atomic mass is 35.5. The monoisotopic (exact) mass is 221 g/mol. The number of rotatable bonds is 7. The molecule has 1 N–H and O–H groups in total. The van der Waals surface area contributed by atoms with Gasteiger partial charge < -0.3 is 4.74 Å². The molecular formula is C10H20ClNO2. The Hall–Kier alpha value is -0.280. The van der Waals surface area contributed by atoms with Crippen molar-refractivity contribution < 1.29 is 9.53 Å². The van der Waals surface area contributed by atoms with Crippen molar-refractivity contribution in [2.75, 3.05) is 6.61 Å². The maximum atomic E-state index is 11.4. The van der Waals surface area contributed by atoms with Crippen molar-refractivity contribution in [3.05, 3.63) is 0 Å². The van der Waals surface area contributed by atoms with Crippen LogP contribution >= 0.6 is 11.8 Å². The summed E-state index contributed by atoms with van der Waals surface area (Å²) in [6.07, 6.45) is 4.41. The van der Waals surface area contributed by atoms with E-state index >= 15 is 0 Å². The van der Waals surface area contributed by atoms with Crippen LogP contribution in [-0.2, 0) is 9.53 Å². The summed E-state index contributed by atoms with van der Waals surface area (Å²) in [5.41, 5.74) is -0.799. The van der Waals surface area contributed by atoms with Crippen LogP contribution < -0.4 is 4.84 Å². The van der Waals surface area contributed by atoms with Gasteiger partial charge in [0.15, 0.2) is 0 Å². The van der Waals surface area contributed by atoms with Crippen LogP contribution in [0.4, 0.5) is 0 Å². The lowest BCUT2D eigenvalue weighted by Gasteiger charge is -2.19. The molecule has 0 spiro atoms. The van der Waals surface area contributed by atoms with E-state index < -0.39 is 5.54 Å². The van der Waals surface area contributed by atoms with E-state index in [1.54, 1.807) is 13.8 Å². The summed E-state index contributed by atoms with van der Waals surface area (Å²) in [5.74, 6) is -0.302. The van der Waals surface area contributed by atoms with E-state index in [1.165, 1.54) is 12.8 Å². The minimum atomic E-state index is -0.799. The standard InChI is InChI=1S/C10H20ClNO2/c1-4-5-6-7-8-14-9(13)10(2,3)12-11/h12H,4-8H2,1-3H3. The normalized spacial score (nSPS) is 11.4. The van der Waals surface area contributed by atoms with Gasteiger partial charge in [-0.25, -0.2) is 4.84 Å². The van der Waals surface area contributed by atoms with Crippen LogP contribution in [0.2, 0.25) is 0 Å². The Kier molecular flexibility index (Phi) is 6.93. The molecule has 0 bridgehead atoms. The van der Waals surface area contributed by atoms with Gasteiger partial charge in [0.2, 0.25) is 0 Å². The first-order valence-electron chi connectivity index (χ1n) is 5.09. The lowest BCUT2D eigenvalue weighted by Crippen LogP contribution is -2.43. The Balaban J connectivity index is 3.54. The Morgan fingerprint density at radius 2 is 2.00 bits per heavy atom. The second-order valence-electron chi connectivity index (χ2n) is 3.92. The molecule has 0 unspecified atom stereocenters. The first kappa shape index (κ1) is 13.7. The lowest BCUT2D eigenvalue weighted by atomic mass is 10.1. The average molecular weight is 222 g/mol. The van der Waals surface area contributed by atoms with Gasteiger partial charge in [-0.2, -0.15) is 0 Å². The zero-order chi connectivity index (χ0) is 11.0. The van der Waals surface area contributed by atoms with Crippen molar-refractivity contribution in [3.8, 4) is 0 Å². The molecule has 0 heterocycles. The summed E-state index contributed by atoms with van der Waals surface area (Å²) in [5, 5.41) is 0. The molecule has 0 saturated heterocycles. The van der Waals surface area contributed by atoms with E-state index in [2.05, 4.69) is 11.8 Å². The van der Waals surface area contributed by atoms with Gasteiger partial charge in [-0.05, 0) is 32.0 Å². The smallest absolute Gasteiger partial charge is 0.326 e. The highest BCUT2D eigenvalue weighted by molar-refractivity contribution is 6.15. The molecule has 84 valence electrons. The number of hydrogen-bond donors (Lipinski definition) is 1. The maximum absolute atomic E-state index is 11.4. The maximum Gasteiger partial charge on any atom is 0.326 e. The molecule has 0 aliphatic rings. The molecule has 0 atom stereocenters. The highest BCUT2D eigenvalue weighted by Crippen LogP contribution is 2.07. The summed E-state index contributed by atoms with van der Waals surface area (Å²) in [7, 11) is 0. The van der Waals surface area contributed by atoms with Gasteiger partial charge in [0.05, 0.1) is 6.61 Å². The van der Waals surface area contributed by atoms with Crippen molar-refractivity contribution in [2.45, 2.75) is 52.0 Å². The van der Waals surface area contributed by atoms with Crippen molar-refractivity contribution in [3.63, 3.8) is 0 Å². The molecule has 0 rings (SSSR count). The second kappa shape index (κ2) is 7.07. The molecule has 4 heteroatoms. The molecule has 0 aromatic rings. The van der Waals surface area contributed by atoms with Gasteiger partial charge >= 0.3 is 5.97 Å². The Morgan fingerprint density at radius 1 is 1.36 bits per heavy atom. The zero-order valence-electron chi connectivity index (χ0n) is 9.23. The molecule has 14 heavy (non-hydrogen) atoms. The van der Waals surface area contributed by atoms with Gasteiger partial charge in [0, 0.05) is 0 Å². The fraction of sp³-hybridized carbons (Fsp3) is 0.900. The van der Waals surface area contributed by atoms with E-state index in [9.17, 15) is 4.79 Å². The summed E-state index contributed by atoms with van der Waals surface area (Å²) >= 11 is 5.40. The highest BCUT2D eigenvalue weighted by Gasteiger charge is 2.27. The van der Waals surface area contributed by atoms with Gasteiger partial charge in [-0.1, -0.05) is 26.2 Å². The van der Waals surface area contributed by atoms with Crippen LogP contribution in [0.3, 0.4) is 0 Å². The Bertz CT molecular complexity index is 172. The Labute approximate surface area is 91.3 Å². The Morgan fingerprint density at radius 3 is 2.50 bits per heavy atom. The summed E-state index contributed by atoms with van der Waals surface area (Å²) < 4.78 is 5.06. The summed E-state index contributed by atoms with van der Waals surface area (Å²) in [4.78, 5) is 13.8. The predicted octanol–water partition coefficient (Wildman–Crippen LogP) is 2.63. The van der Waals surface area contributed by atoms with E-state index in [1.807, 2.05) is 0 Å². The molecule has 0 aromatic carbocycles. The van der Waals surface area contributed by atoms with Gasteiger partial charge in [0.25, 0.3) is 0 Å². The van der Waals surface area contributed by atoms with Crippen LogP contribution in [0.5, 0.6) is 0 Å². The third kappa shape index (κ3) is 5.45. The van der Waals surface area contributed by atoms with Gasteiger partial charge in [0.1, 0.15) is 5.54 Å². The number of esters is 1. The number of carbonyl (C=O) groups excluding carboxylic acids is 1. The number of halogens is 1. The topological polar surface area (TPSA) is 38.3 Å². The summed E-state index contributed by atoms with van der Waals surface area (Å²) in [6.45, 7) is 6.01. The van der Waals surface area contributed by atoms with E-state index in [0.717, 1.165) is 12.8 Å². The largest absolute Gasteiger partial charge is 0.464 e. The molecular weight excluding hydrogens is 202 g/mol. The summed E-state index contributed by atoms with van der Waals surface area (Å²) in [6, 6.07) is 0. The molecule has 0 fully saturated rings. The molecule has 0 aromatic heterocycles. The van der Waals surface area contributed by atoms with Crippen molar-refractivity contribution in [1.29, 1.82) is 0 Å². The van der Waals surface area contributed by atoms with Crippen molar-refractivity contribution in [2.24, 2.45) is 0 Å². The molecule has 0 saturated carbocycles. The first-order valence-corrected chi connectivity index (χ1v) is 5.47. The molecule has 0 radical (unpaired) electrons. The zero-order valence-corrected chi connectivity index (χ0v) is 9.99. The van der Waals surface area contributed by atoms with E-state index in [4.69, 9.17) is 16.5 Å². The number of unbranched alkanes of at least 4 members (excludes halogenated alkanes) is 3. The van der Waals surface area contributed by atoms with Crippen LogP contribution in [-0.4, -0.2) is 18.1 Å². The van der Waals surface area contributed by atoms with Crippen molar-refractivity contribution in [1.82, 2.24) is 4.84 Å². The predicted molar refractivity (Wildman–Crippen MR) is 58.2 cm³/mol. The van der Waals surface area contributed by atoms with Crippen LogP contribution in [0.25, 0.3) is 0 Å². The molecule has 3 nitrogen and oxygen atoms in total.